The van der Waals surface area contributed by atoms with Crippen LogP contribution >= 0.6 is 0 Å². The van der Waals surface area contributed by atoms with Crippen molar-refractivity contribution in [3.05, 3.63) is 46.8 Å². The maximum atomic E-state index is 10.9. The van der Waals surface area contributed by atoms with Gasteiger partial charge in [0.2, 0.25) is 0 Å². The van der Waals surface area contributed by atoms with Gasteiger partial charge in [-0.2, -0.15) is 0 Å². The molecule has 0 bridgehead atoms. The van der Waals surface area contributed by atoms with Gasteiger partial charge in [0.25, 0.3) is 0 Å². The number of phenols is 1. The zero-order valence-electron chi connectivity index (χ0n) is 7.36. The second-order valence-electron chi connectivity index (χ2n) is 2.91. The molecular formula is C11H8O3. The average molecular weight is 188 g/mol. The highest BCUT2D eigenvalue weighted by Crippen LogP contribution is 2.24. The number of phenolic OH excluding ortho intramolecular Hbond substituents is 1. The number of rotatable bonds is 1. The van der Waals surface area contributed by atoms with Gasteiger partial charge in [-0.25, -0.2) is 4.79 Å². The van der Waals surface area contributed by atoms with Crippen LogP contribution in [0.2, 0.25) is 0 Å². The van der Waals surface area contributed by atoms with Crippen molar-refractivity contribution in [1.29, 1.82) is 0 Å². The van der Waals surface area contributed by atoms with E-state index in [1.165, 1.54) is 12.1 Å². The fourth-order valence-electron chi connectivity index (χ4n) is 1.29. The molecule has 1 N–H and O–H groups in total. The zero-order valence-corrected chi connectivity index (χ0v) is 7.36. The minimum atomic E-state index is -0.428. The lowest BCUT2D eigenvalue weighted by molar-refractivity contribution is 0.472. The topological polar surface area (TPSA) is 50.4 Å². The van der Waals surface area contributed by atoms with Crippen molar-refractivity contribution in [1.82, 2.24) is 0 Å². The summed E-state index contributed by atoms with van der Waals surface area (Å²) < 4.78 is 4.89. The van der Waals surface area contributed by atoms with Crippen LogP contribution in [0.25, 0.3) is 17.0 Å². The molecule has 0 spiro atoms. The normalized spacial score (nSPS) is 10.3. The first kappa shape index (κ1) is 8.56. The van der Waals surface area contributed by atoms with E-state index in [2.05, 4.69) is 6.58 Å². The van der Waals surface area contributed by atoms with Gasteiger partial charge in [-0.3, -0.25) is 0 Å². The van der Waals surface area contributed by atoms with Crippen LogP contribution in [-0.4, -0.2) is 5.11 Å². The van der Waals surface area contributed by atoms with E-state index < -0.39 is 5.63 Å². The summed E-state index contributed by atoms with van der Waals surface area (Å²) in [5, 5.41) is 10.2. The molecule has 3 heteroatoms. The first-order chi connectivity index (χ1) is 6.70. The van der Waals surface area contributed by atoms with Gasteiger partial charge in [0.15, 0.2) is 0 Å². The molecule has 0 unspecified atom stereocenters. The molecule has 3 nitrogen and oxygen atoms in total. The molecule has 1 aromatic heterocycles. The van der Waals surface area contributed by atoms with E-state index in [0.717, 1.165) is 5.39 Å². The molecule has 0 aliphatic carbocycles. The molecule has 1 aromatic carbocycles. The Hall–Kier alpha value is -2.03. The lowest BCUT2D eigenvalue weighted by atomic mass is 10.1. The smallest absolute Gasteiger partial charge is 0.336 e. The molecule has 0 atom stereocenters. The third-order valence-electron chi connectivity index (χ3n) is 1.99. The summed E-state index contributed by atoms with van der Waals surface area (Å²) in [7, 11) is 0. The average Bonchev–Trinajstić information content (AvgIpc) is 2.16. The molecule has 70 valence electrons. The van der Waals surface area contributed by atoms with Gasteiger partial charge in [-0.05, 0) is 12.1 Å². The van der Waals surface area contributed by atoms with E-state index in [1.807, 2.05) is 0 Å². The fraction of sp³-hybridized carbons (Fsp3) is 0. The Morgan fingerprint density at radius 1 is 1.36 bits per heavy atom. The van der Waals surface area contributed by atoms with Crippen molar-refractivity contribution in [2.45, 2.75) is 0 Å². The minimum Gasteiger partial charge on any atom is -0.507 e. The lowest BCUT2D eigenvalue weighted by Crippen LogP contribution is -1.94. The number of aromatic hydroxyl groups is 1. The van der Waals surface area contributed by atoms with Crippen LogP contribution in [-0.2, 0) is 0 Å². The van der Waals surface area contributed by atoms with Crippen molar-refractivity contribution in [2.24, 2.45) is 0 Å². The highest BCUT2D eigenvalue weighted by molar-refractivity contribution is 5.82. The fourth-order valence-corrected chi connectivity index (χ4v) is 1.29. The number of hydrogen-bond donors (Lipinski definition) is 1. The van der Waals surface area contributed by atoms with Crippen LogP contribution < -0.4 is 5.63 Å². The highest BCUT2D eigenvalue weighted by Gasteiger charge is 2.02. The van der Waals surface area contributed by atoms with Gasteiger partial charge >= 0.3 is 5.63 Å². The van der Waals surface area contributed by atoms with Crippen molar-refractivity contribution < 1.29 is 9.52 Å². The predicted octanol–water partition coefficient (Wildman–Crippen LogP) is 2.14. The Bertz CT molecular complexity index is 552. The summed E-state index contributed by atoms with van der Waals surface area (Å²) in [5.74, 6) is 0.0573. The Kier molecular flexibility index (Phi) is 1.85. The maximum absolute atomic E-state index is 10.9. The summed E-state index contributed by atoms with van der Waals surface area (Å²) >= 11 is 0. The second-order valence-corrected chi connectivity index (χ2v) is 2.91. The van der Waals surface area contributed by atoms with Crippen molar-refractivity contribution >= 4 is 17.0 Å². The zero-order chi connectivity index (χ0) is 10.1. The highest BCUT2D eigenvalue weighted by atomic mass is 16.4. The van der Waals surface area contributed by atoms with Gasteiger partial charge in [0, 0.05) is 23.1 Å². The third kappa shape index (κ3) is 1.29. The van der Waals surface area contributed by atoms with E-state index in [1.54, 1.807) is 18.2 Å². The first-order valence-corrected chi connectivity index (χ1v) is 4.10. The summed E-state index contributed by atoms with van der Waals surface area (Å²) in [6.45, 7) is 3.56. The van der Waals surface area contributed by atoms with E-state index in [9.17, 15) is 9.90 Å². The van der Waals surface area contributed by atoms with Crippen LogP contribution in [0.4, 0.5) is 0 Å². The van der Waals surface area contributed by atoms with Crippen LogP contribution in [0.1, 0.15) is 5.56 Å². The molecule has 0 aliphatic rings. The van der Waals surface area contributed by atoms with E-state index >= 15 is 0 Å². The Morgan fingerprint density at radius 2 is 2.14 bits per heavy atom. The molecule has 0 saturated carbocycles. The number of fused-ring (bicyclic) bond motifs is 1. The van der Waals surface area contributed by atoms with Gasteiger partial charge in [0.05, 0.1) is 0 Å². The monoisotopic (exact) mass is 188 g/mol. The predicted molar refractivity (Wildman–Crippen MR) is 54.2 cm³/mol. The minimum absolute atomic E-state index is 0.0573. The number of benzene rings is 1. The van der Waals surface area contributed by atoms with Crippen LogP contribution in [0, 0.1) is 0 Å². The summed E-state index contributed by atoms with van der Waals surface area (Å²) in [5.41, 5.74) is 0.565. The molecular weight excluding hydrogens is 180 g/mol. The SMILES string of the molecule is C=Cc1cc2ccc(=O)oc2cc1O. The Balaban J connectivity index is 2.85. The molecule has 0 saturated heterocycles. The molecule has 0 fully saturated rings. The van der Waals surface area contributed by atoms with E-state index in [0.29, 0.717) is 11.1 Å². The van der Waals surface area contributed by atoms with Crippen molar-refractivity contribution in [3.63, 3.8) is 0 Å². The molecule has 0 radical (unpaired) electrons. The van der Waals surface area contributed by atoms with E-state index in [-0.39, 0.29) is 5.75 Å². The molecule has 1 heterocycles. The summed E-state index contributed by atoms with van der Waals surface area (Å²) in [6.07, 6.45) is 1.54. The lowest BCUT2D eigenvalue weighted by Gasteiger charge is -2.00. The molecule has 0 amide bonds. The standard InChI is InChI=1S/C11H8O3/c1-2-7-5-8-3-4-11(13)14-10(8)6-9(7)12/h2-6,12H,1H2. The molecule has 2 aromatic rings. The van der Waals surface area contributed by atoms with Crippen LogP contribution in [0.3, 0.4) is 0 Å². The van der Waals surface area contributed by atoms with Gasteiger partial charge in [0.1, 0.15) is 11.3 Å². The van der Waals surface area contributed by atoms with E-state index in [4.69, 9.17) is 4.42 Å². The molecule has 0 aliphatic heterocycles. The van der Waals surface area contributed by atoms with Crippen molar-refractivity contribution in [3.8, 4) is 5.75 Å². The van der Waals surface area contributed by atoms with Crippen LogP contribution in [0.5, 0.6) is 5.75 Å². The molecule has 2 rings (SSSR count). The number of hydrogen-bond acceptors (Lipinski definition) is 3. The summed E-state index contributed by atoms with van der Waals surface area (Å²) in [4.78, 5) is 10.9. The Labute approximate surface area is 79.9 Å². The quantitative estimate of drug-likeness (QED) is 0.697. The van der Waals surface area contributed by atoms with Gasteiger partial charge < -0.3 is 9.52 Å². The Morgan fingerprint density at radius 3 is 2.86 bits per heavy atom. The maximum Gasteiger partial charge on any atom is 0.336 e. The van der Waals surface area contributed by atoms with Gasteiger partial charge in [-0.1, -0.05) is 12.7 Å². The largest absolute Gasteiger partial charge is 0.507 e. The van der Waals surface area contributed by atoms with Crippen LogP contribution in [0.15, 0.2) is 40.1 Å². The molecule has 14 heavy (non-hydrogen) atoms. The first-order valence-electron chi connectivity index (χ1n) is 4.10. The van der Waals surface area contributed by atoms with Gasteiger partial charge in [-0.15, -0.1) is 0 Å². The third-order valence-corrected chi connectivity index (χ3v) is 1.99. The second kappa shape index (κ2) is 3.03. The van der Waals surface area contributed by atoms with Crippen molar-refractivity contribution in [2.75, 3.05) is 0 Å². The summed E-state index contributed by atoms with van der Waals surface area (Å²) in [6, 6.07) is 6.11.